The Morgan fingerprint density at radius 1 is 1.20 bits per heavy atom. The topological polar surface area (TPSA) is 110 Å². The number of alkyl halides is 3. The van der Waals surface area contributed by atoms with Crippen LogP contribution in [0.3, 0.4) is 0 Å². The number of rotatable bonds is 7. The summed E-state index contributed by atoms with van der Waals surface area (Å²) >= 11 is 0. The van der Waals surface area contributed by atoms with Gasteiger partial charge >= 0.3 is 6.36 Å². The molecule has 186 valence electrons. The lowest BCUT2D eigenvalue weighted by Gasteiger charge is -2.36. The third kappa shape index (κ3) is 5.61. The molecule has 1 aromatic carbocycles. The van der Waals surface area contributed by atoms with E-state index in [2.05, 4.69) is 35.4 Å². The van der Waals surface area contributed by atoms with Crippen molar-refractivity contribution in [2.24, 2.45) is 5.92 Å². The summed E-state index contributed by atoms with van der Waals surface area (Å²) in [5, 5.41) is 10.4. The van der Waals surface area contributed by atoms with E-state index in [1.54, 1.807) is 11.6 Å². The Balaban J connectivity index is 1.40. The molecular weight excluding hydrogens is 465 g/mol. The van der Waals surface area contributed by atoms with Gasteiger partial charge in [-0.1, -0.05) is 26.0 Å². The second-order valence-corrected chi connectivity index (χ2v) is 8.52. The van der Waals surface area contributed by atoms with E-state index in [0.29, 0.717) is 35.5 Å². The number of hydrogen-bond acceptors (Lipinski definition) is 8. The van der Waals surface area contributed by atoms with Crippen LogP contribution < -0.4 is 20.3 Å². The molecule has 0 unspecified atom stereocenters. The van der Waals surface area contributed by atoms with Gasteiger partial charge in [-0.3, -0.25) is 4.79 Å². The van der Waals surface area contributed by atoms with Crippen LogP contribution in [0.2, 0.25) is 0 Å². The average molecular weight is 490 g/mol. The monoisotopic (exact) mass is 490 g/mol. The van der Waals surface area contributed by atoms with Gasteiger partial charge in [-0.25, -0.2) is 14.6 Å². The summed E-state index contributed by atoms with van der Waals surface area (Å²) in [7, 11) is 1.84. The normalized spacial score (nSPS) is 15.7. The molecular formula is C22H25F3N8O2. The van der Waals surface area contributed by atoms with E-state index in [9.17, 15) is 18.0 Å². The van der Waals surface area contributed by atoms with Gasteiger partial charge in [0.15, 0.2) is 11.6 Å². The van der Waals surface area contributed by atoms with E-state index in [1.165, 1.54) is 30.6 Å². The molecule has 0 spiro atoms. The Morgan fingerprint density at radius 2 is 1.91 bits per heavy atom. The standard InChI is InChI=1S/C22H25F3N8O2/c1-12(2)18-20(34)29-17-13(3)28-21(30-19(17)32(18)4)26-9-16-27-11-33(31-16)10-14-5-7-15(8-6-14)35-22(23,24)25/h5-8,11-12,18H,9-10H2,1-4H3,(H,29,34)(H,26,28,30)/t18-/m0/s1. The number of amides is 1. The van der Waals surface area contributed by atoms with E-state index in [-0.39, 0.29) is 30.2 Å². The number of carbonyl (C=O) groups excluding carboxylic acids is 1. The number of anilines is 3. The molecule has 0 aliphatic carbocycles. The van der Waals surface area contributed by atoms with Crippen molar-refractivity contribution in [3.05, 3.63) is 47.7 Å². The van der Waals surface area contributed by atoms with E-state index in [0.717, 1.165) is 5.56 Å². The van der Waals surface area contributed by atoms with E-state index in [4.69, 9.17) is 0 Å². The van der Waals surface area contributed by atoms with Gasteiger partial charge in [0, 0.05) is 7.05 Å². The number of ether oxygens (including phenoxy) is 1. The first-order chi connectivity index (χ1) is 16.5. The minimum absolute atomic E-state index is 0.0836. The fourth-order valence-corrected chi connectivity index (χ4v) is 3.93. The van der Waals surface area contributed by atoms with Crippen molar-refractivity contribution >= 4 is 23.4 Å². The summed E-state index contributed by atoms with van der Waals surface area (Å²) in [6.45, 7) is 6.34. The van der Waals surface area contributed by atoms with Crippen LogP contribution in [-0.2, 0) is 17.9 Å². The van der Waals surface area contributed by atoms with Crippen molar-refractivity contribution in [2.75, 3.05) is 22.6 Å². The van der Waals surface area contributed by atoms with Crippen molar-refractivity contribution in [1.82, 2.24) is 24.7 Å². The average Bonchev–Trinajstić information content (AvgIpc) is 3.20. The van der Waals surface area contributed by atoms with Gasteiger partial charge in [-0.2, -0.15) is 10.1 Å². The summed E-state index contributed by atoms with van der Waals surface area (Å²) in [5.41, 5.74) is 1.97. The Kier molecular flexibility index (Phi) is 6.50. The molecule has 13 heteroatoms. The van der Waals surface area contributed by atoms with Gasteiger partial charge in [0.05, 0.1) is 18.8 Å². The van der Waals surface area contributed by atoms with Crippen LogP contribution in [0.15, 0.2) is 30.6 Å². The molecule has 0 fully saturated rings. The largest absolute Gasteiger partial charge is 0.573 e. The Labute approximate surface area is 199 Å². The zero-order valence-electron chi connectivity index (χ0n) is 19.6. The molecule has 0 saturated heterocycles. The minimum atomic E-state index is -4.73. The highest BCUT2D eigenvalue weighted by molar-refractivity contribution is 6.03. The molecule has 2 aromatic heterocycles. The molecule has 35 heavy (non-hydrogen) atoms. The van der Waals surface area contributed by atoms with Crippen LogP contribution in [-0.4, -0.2) is 50.1 Å². The highest BCUT2D eigenvalue weighted by Gasteiger charge is 2.35. The Bertz CT molecular complexity index is 1210. The Hall–Kier alpha value is -3.90. The van der Waals surface area contributed by atoms with E-state index in [1.807, 2.05) is 25.8 Å². The van der Waals surface area contributed by atoms with Crippen LogP contribution >= 0.6 is 0 Å². The highest BCUT2D eigenvalue weighted by Crippen LogP contribution is 2.34. The molecule has 2 N–H and O–H groups in total. The van der Waals surface area contributed by atoms with Crippen LogP contribution in [0.1, 0.15) is 30.9 Å². The minimum Gasteiger partial charge on any atom is -0.406 e. The summed E-state index contributed by atoms with van der Waals surface area (Å²) in [6.07, 6.45) is -3.19. The fraction of sp³-hybridized carbons (Fsp3) is 0.409. The lowest BCUT2D eigenvalue weighted by atomic mass is 9.99. The number of fused-ring (bicyclic) bond motifs is 1. The molecule has 0 bridgehead atoms. The van der Waals surface area contributed by atoms with Crippen molar-refractivity contribution < 1.29 is 22.7 Å². The smallest absolute Gasteiger partial charge is 0.406 e. The SMILES string of the molecule is Cc1nc(NCc2ncn(Cc3ccc(OC(F)(F)F)cc3)n2)nc2c1NC(=O)[C@H](C(C)C)N2C. The summed E-state index contributed by atoms with van der Waals surface area (Å²) < 4.78 is 42.3. The summed E-state index contributed by atoms with van der Waals surface area (Å²) in [4.78, 5) is 27.6. The zero-order chi connectivity index (χ0) is 25.3. The third-order valence-corrected chi connectivity index (χ3v) is 5.46. The predicted molar refractivity (Wildman–Crippen MR) is 122 cm³/mol. The van der Waals surface area contributed by atoms with Crippen LogP contribution in [0.4, 0.5) is 30.6 Å². The van der Waals surface area contributed by atoms with Crippen molar-refractivity contribution in [1.29, 1.82) is 0 Å². The maximum Gasteiger partial charge on any atom is 0.573 e. The second kappa shape index (κ2) is 9.39. The number of benzene rings is 1. The van der Waals surface area contributed by atoms with Gasteiger partial charge in [-0.15, -0.1) is 13.2 Å². The highest BCUT2D eigenvalue weighted by atomic mass is 19.4. The second-order valence-electron chi connectivity index (χ2n) is 8.52. The van der Waals surface area contributed by atoms with Crippen molar-refractivity contribution in [3.63, 3.8) is 0 Å². The number of nitrogens with one attached hydrogen (secondary N) is 2. The van der Waals surface area contributed by atoms with Gasteiger partial charge in [0.1, 0.15) is 23.8 Å². The van der Waals surface area contributed by atoms with Gasteiger partial charge in [-0.05, 0) is 30.5 Å². The number of aromatic nitrogens is 5. The molecule has 3 heterocycles. The lowest BCUT2D eigenvalue weighted by Crippen LogP contribution is -2.49. The fourth-order valence-electron chi connectivity index (χ4n) is 3.93. The van der Waals surface area contributed by atoms with Gasteiger partial charge in [0.25, 0.3) is 0 Å². The molecule has 1 aliphatic heterocycles. The third-order valence-electron chi connectivity index (χ3n) is 5.46. The summed E-state index contributed by atoms with van der Waals surface area (Å²) in [5.74, 6) is 1.23. The first kappa shape index (κ1) is 24.2. The molecule has 10 nitrogen and oxygen atoms in total. The molecule has 0 saturated carbocycles. The number of likely N-dealkylation sites (N-methyl/N-ethyl adjacent to an activating group) is 1. The van der Waals surface area contributed by atoms with Gasteiger partial charge in [0.2, 0.25) is 11.9 Å². The molecule has 0 radical (unpaired) electrons. The number of carbonyl (C=O) groups is 1. The number of nitrogens with zero attached hydrogens (tertiary/aromatic N) is 6. The van der Waals surface area contributed by atoms with Crippen LogP contribution in [0.5, 0.6) is 5.75 Å². The van der Waals surface area contributed by atoms with Crippen LogP contribution in [0.25, 0.3) is 0 Å². The van der Waals surface area contributed by atoms with Gasteiger partial charge < -0.3 is 20.3 Å². The molecule has 1 atom stereocenters. The number of halogens is 3. The maximum atomic E-state index is 12.5. The van der Waals surface area contributed by atoms with Crippen LogP contribution in [0, 0.1) is 12.8 Å². The zero-order valence-corrected chi connectivity index (χ0v) is 19.6. The number of hydrogen-bond donors (Lipinski definition) is 2. The van der Waals surface area contributed by atoms with Crippen molar-refractivity contribution in [2.45, 2.75) is 46.3 Å². The first-order valence-corrected chi connectivity index (χ1v) is 10.9. The summed E-state index contributed by atoms with van der Waals surface area (Å²) in [6, 6.07) is 5.23. The van der Waals surface area contributed by atoms with E-state index >= 15 is 0 Å². The van der Waals surface area contributed by atoms with Crippen molar-refractivity contribution in [3.8, 4) is 5.75 Å². The lowest BCUT2D eigenvalue weighted by molar-refractivity contribution is -0.274. The van der Waals surface area contributed by atoms with E-state index < -0.39 is 6.36 Å². The molecule has 1 amide bonds. The Morgan fingerprint density at radius 3 is 2.57 bits per heavy atom. The first-order valence-electron chi connectivity index (χ1n) is 10.9. The molecule has 4 rings (SSSR count). The molecule has 3 aromatic rings. The predicted octanol–water partition coefficient (Wildman–Crippen LogP) is 3.35. The number of aryl methyl sites for hydroxylation is 1. The molecule has 1 aliphatic rings. The maximum absolute atomic E-state index is 12.5. The quantitative estimate of drug-likeness (QED) is 0.519.